The summed E-state index contributed by atoms with van der Waals surface area (Å²) in [7, 11) is 0. The van der Waals surface area contributed by atoms with Gasteiger partial charge < -0.3 is 4.74 Å². The summed E-state index contributed by atoms with van der Waals surface area (Å²) in [6, 6.07) is 15.2. The second-order valence-corrected chi connectivity index (χ2v) is 8.27. The number of nitrogens with zero attached hydrogens (tertiary/aromatic N) is 1. The van der Waals surface area contributed by atoms with Crippen LogP contribution >= 0.6 is 11.3 Å². The first-order chi connectivity index (χ1) is 12.8. The number of carbonyl (C=O) groups excluding carboxylic acids is 2. The molecule has 0 atom stereocenters. The van der Waals surface area contributed by atoms with Crippen LogP contribution < -0.4 is 0 Å². The van der Waals surface area contributed by atoms with Gasteiger partial charge in [-0.15, -0.1) is 11.3 Å². The zero-order valence-electron chi connectivity index (χ0n) is 15.6. The lowest BCUT2D eigenvalue weighted by Crippen LogP contribution is -2.14. The topological polar surface area (TPSA) is 56.3 Å². The number of ketones is 1. The Morgan fingerprint density at radius 1 is 1.07 bits per heavy atom. The largest absolute Gasteiger partial charge is 0.454 e. The maximum absolute atomic E-state index is 12.2. The van der Waals surface area contributed by atoms with E-state index in [2.05, 4.69) is 25.8 Å². The van der Waals surface area contributed by atoms with Crippen molar-refractivity contribution in [1.29, 1.82) is 0 Å². The van der Waals surface area contributed by atoms with Crippen molar-refractivity contribution in [1.82, 2.24) is 4.98 Å². The number of hydrogen-bond donors (Lipinski definition) is 0. The van der Waals surface area contributed by atoms with E-state index in [0.717, 1.165) is 20.8 Å². The Labute approximate surface area is 162 Å². The van der Waals surface area contributed by atoms with Crippen LogP contribution in [0.4, 0.5) is 0 Å². The van der Waals surface area contributed by atoms with E-state index in [-0.39, 0.29) is 17.8 Å². The Hall–Kier alpha value is -2.79. The van der Waals surface area contributed by atoms with Crippen LogP contribution in [0.5, 0.6) is 0 Å². The van der Waals surface area contributed by atoms with E-state index in [4.69, 9.17) is 4.74 Å². The number of Topliss-reactive ketones (excluding diaryl/α,β-unsaturated/α-hetero) is 1. The van der Waals surface area contributed by atoms with E-state index in [1.165, 1.54) is 17.4 Å². The molecule has 2 aromatic carbocycles. The van der Waals surface area contributed by atoms with Crippen molar-refractivity contribution in [3.8, 4) is 0 Å². The summed E-state index contributed by atoms with van der Waals surface area (Å²) in [6.45, 7) is 6.06. The molecule has 0 saturated carbocycles. The zero-order chi connectivity index (χ0) is 19.4. The molecule has 0 radical (unpaired) electrons. The maximum Gasteiger partial charge on any atom is 0.331 e. The highest BCUT2D eigenvalue weighted by molar-refractivity contribution is 7.19. The van der Waals surface area contributed by atoms with Crippen molar-refractivity contribution < 1.29 is 14.3 Å². The summed E-state index contributed by atoms with van der Waals surface area (Å²) in [6.07, 6.45) is 2.91. The summed E-state index contributed by atoms with van der Waals surface area (Å²) in [5.41, 5.74) is 2.60. The molecular formula is C22H21NO3S. The number of hydrogen-bond acceptors (Lipinski definition) is 5. The number of carbonyl (C=O) groups is 2. The van der Waals surface area contributed by atoms with Gasteiger partial charge in [-0.1, -0.05) is 57.2 Å². The molecule has 0 aliphatic heterocycles. The molecule has 0 unspecified atom stereocenters. The normalized spacial score (nSPS) is 11.8. The minimum atomic E-state index is -0.561. The lowest BCUT2D eigenvalue weighted by Gasteiger charge is -2.18. The predicted octanol–water partition coefficient (Wildman–Crippen LogP) is 5.03. The third-order valence-corrected chi connectivity index (χ3v) is 5.09. The molecule has 0 aliphatic rings. The minimum absolute atomic E-state index is 0.0273. The molecule has 138 valence electrons. The van der Waals surface area contributed by atoms with Crippen LogP contribution in [0.25, 0.3) is 16.3 Å². The number of thiazole rings is 1. The number of benzene rings is 2. The average Bonchev–Trinajstić information content (AvgIpc) is 3.07. The van der Waals surface area contributed by atoms with Gasteiger partial charge in [0.2, 0.25) is 0 Å². The van der Waals surface area contributed by atoms with Crippen molar-refractivity contribution in [3.05, 3.63) is 70.7 Å². The van der Waals surface area contributed by atoms with Gasteiger partial charge in [0.1, 0.15) is 5.01 Å². The summed E-state index contributed by atoms with van der Waals surface area (Å²) in [5.74, 6) is -0.786. The second kappa shape index (κ2) is 7.84. The van der Waals surface area contributed by atoms with Crippen LogP contribution in [-0.4, -0.2) is 23.3 Å². The van der Waals surface area contributed by atoms with Crippen LogP contribution in [0.1, 0.15) is 41.7 Å². The number of esters is 1. The van der Waals surface area contributed by atoms with E-state index < -0.39 is 5.97 Å². The molecule has 3 rings (SSSR count). The van der Waals surface area contributed by atoms with Gasteiger partial charge in [0.25, 0.3) is 0 Å². The molecule has 0 N–H and O–H groups in total. The summed E-state index contributed by atoms with van der Waals surface area (Å²) >= 11 is 1.49. The molecule has 1 aromatic heterocycles. The Balaban J connectivity index is 1.56. The molecule has 27 heavy (non-hydrogen) atoms. The highest BCUT2D eigenvalue weighted by Gasteiger charge is 2.15. The van der Waals surface area contributed by atoms with Gasteiger partial charge in [-0.25, -0.2) is 9.78 Å². The van der Waals surface area contributed by atoms with Gasteiger partial charge in [-0.2, -0.15) is 0 Å². The van der Waals surface area contributed by atoms with Crippen LogP contribution in [0.2, 0.25) is 0 Å². The fraction of sp³-hybridized carbons (Fsp3) is 0.227. The van der Waals surface area contributed by atoms with Gasteiger partial charge in [0.05, 0.1) is 10.2 Å². The van der Waals surface area contributed by atoms with Crippen molar-refractivity contribution in [2.24, 2.45) is 0 Å². The van der Waals surface area contributed by atoms with Crippen molar-refractivity contribution >= 4 is 39.4 Å². The van der Waals surface area contributed by atoms with Crippen molar-refractivity contribution in [3.63, 3.8) is 0 Å². The van der Waals surface area contributed by atoms with Gasteiger partial charge >= 0.3 is 5.97 Å². The van der Waals surface area contributed by atoms with Gasteiger partial charge in [0.15, 0.2) is 12.4 Å². The maximum atomic E-state index is 12.2. The number of para-hydroxylation sites is 1. The van der Waals surface area contributed by atoms with Crippen LogP contribution in [0, 0.1) is 0 Å². The van der Waals surface area contributed by atoms with Crippen molar-refractivity contribution in [2.75, 3.05) is 6.61 Å². The van der Waals surface area contributed by atoms with Gasteiger partial charge in [-0.05, 0) is 29.2 Å². The molecule has 3 aromatic rings. The Morgan fingerprint density at radius 2 is 1.78 bits per heavy atom. The molecule has 0 amide bonds. The standard InChI is InChI=1S/C22H21NO3S/c1-22(2,3)16-10-8-15(9-11-16)18(24)14-26-21(25)13-12-20-23-17-6-4-5-7-19(17)27-20/h4-13H,14H2,1-3H3. The lowest BCUT2D eigenvalue weighted by molar-refractivity contribution is -0.136. The first-order valence-electron chi connectivity index (χ1n) is 8.67. The number of fused-ring (bicyclic) bond motifs is 1. The lowest BCUT2D eigenvalue weighted by atomic mass is 9.86. The molecule has 0 spiro atoms. The van der Waals surface area contributed by atoms with Crippen LogP contribution in [-0.2, 0) is 14.9 Å². The average molecular weight is 379 g/mol. The van der Waals surface area contributed by atoms with Crippen LogP contribution in [0.15, 0.2) is 54.6 Å². The number of ether oxygens (including phenoxy) is 1. The van der Waals surface area contributed by atoms with E-state index in [9.17, 15) is 9.59 Å². The monoisotopic (exact) mass is 379 g/mol. The quantitative estimate of drug-likeness (QED) is 0.354. The van der Waals surface area contributed by atoms with Gasteiger partial charge in [-0.3, -0.25) is 4.79 Å². The van der Waals surface area contributed by atoms with E-state index in [0.29, 0.717) is 5.56 Å². The molecule has 0 saturated heterocycles. The summed E-state index contributed by atoms with van der Waals surface area (Å²) in [5, 5.41) is 0.720. The zero-order valence-corrected chi connectivity index (χ0v) is 16.4. The molecule has 1 heterocycles. The molecule has 5 heteroatoms. The minimum Gasteiger partial charge on any atom is -0.454 e. The second-order valence-electron chi connectivity index (χ2n) is 7.21. The predicted molar refractivity (Wildman–Crippen MR) is 109 cm³/mol. The Morgan fingerprint density at radius 3 is 2.44 bits per heavy atom. The fourth-order valence-corrected chi connectivity index (χ4v) is 3.40. The first kappa shape index (κ1) is 19.0. The highest BCUT2D eigenvalue weighted by Crippen LogP contribution is 2.23. The van der Waals surface area contributed by atoms with Gasteiger partial charge in [0, 0.05) is 11.6 Å². The number of aromatic nitrogens is 1. The fourth-order valence-electron chi connectivity index (χ4n) is 2.52. The Kier molecular flexibility index (Phi) is 5.51. The van der Waals surface area contributed by atoms with E-state index in [1.54, 1.807) is 18.2 Å². The molecule has 4 nitrogen and oxygen atoms in total. The third-order valence-electron chi connectivity index (χ3n) is 4.09. The highest BCUT2D eigenvalue weighted by atomic mass is 32.1. The van der Waals surface area contributed by atoms with Crippen LogP contribution in [0.3, 0.4) is 0 Å². The van der Waals surface area contributed by atoms with Crippen molar-refractivity contribution in [2.45, 2.75) is 26.2 Å². The third kappa shape index (κ3) is 4.89. The SMILES string of the molecule is CC(C)(C)c1ccc(C(=O)COC(=O)C=Cc2nc3ccccc3s2)cc1. The van der Waals surface area contributed by atoms with E-state index in [1.807, 2.05) is 36.4 Å². The molecule has 0 bridgehead atoms. The molecular weight excluding hydrogens is 358 g/mol. The first-order valence-corrected chi connectivity index (χ1v) is 9.49. The number of rotatable bonds is 5. The molecule has 0 aliphatic carbocycles. The van der Waals surface area contributed by atoms with E-state index >= 15 is 0 Å². The smallest absolute Gasteiger partial charge is 0.331 e. The summed E-state index contributed by atoms with van der Waals surface area (Å²) < 4.78 is 6.11. The molecule has 0 fully saturated rings. The summed E-state index contributed by atoms with van der Waals surface area (Å²) in [4.78, 5) is 28.5. The Bertz CT molecular complexity index is 961.